The maximum atomic E-state index is 5.17. The van der Waals surface area contributed by atoms with Crippen molar-refractivity contribution in [3.05, 3.63) is 53.2 Å². The van der Waals surface area contributed by atoms with Gasteiger partial charge in [-0.25, -0.2) is 0 Å². The van der Waals surface area contributed by atoms with E-state index in [2.05, 4.69) is 51.4 Å². The van der Waals surface area contributed by atoms with Gasteiger partial charge in [0.15, 0.2) is 5.82 Å². The van der Waals surface area contributed by atoms with E-state index in [-0.39, 0.29) is 0 Å². The summed E-state index contributed by atoms with van der Waals surface area (Å²) in [5.41, 5.74) is 2.82. The van der Waals surface area contributed by atoms with Crippen molar-refractivity contribution >= 4 is 6.08 Å². The average Bonchev–Trinajstić information content (AvgIpc) is 2.88. The summed E-state index contributed by atoms with van der Waals surface area (Å²) >= 11 is 0. The van der Waals surface area contributed by atoms with Crippen LogP contribution in [0, 0.1) is 6.92 Å². The Bertz CT molecular complexity index is 579. The van der Waals surface area contributed by atoms with Crippen molar-refractivity contribution < 1.29 is 4.52 Å². The van der Waals surface area contributed by atoms with Crippen molar-refractivity contribution in [2.45, 2.75) is 26.3 Å². The van der Waals surface area contributed by atoms with E-state index in [0.717, 1.165) is 38.4 Å². The molecular formula is C16H19N3O. The fraction of sp³-hybridized carbons (Fsp3) is 0.375. The number of hydrogen-bond donors (Lipinski definition) is 0. The van der Waals surface area contributed by atoms with Gasteiger partial charge >= 0.3 is 0 Å². The van der Waals surface area contributed by atoms with E-state index in [9.17, 15) is 0 Å². The number of hydrogen-bond acceptors (Lipinski definition) is 4. The lowest BCUT2D eigenvalue weighted by atomic mass is 10.0. The Morgan fingerprint density at radius 1 is 1.20 bits per heavy atom. The summed E-state index contributed by atoms with van der Waals surface area (Å²) < 4.78 is 5.17. The number of nitrogens with zero attached hydrogens (tertiary/aromatic N) is 3. The zero-order valence-corrected chi connectivity index (χ0v) is 11.7. The molecule has 2 heterocycles. The topological polar surface area (TPSA) is 42.2 Å². The smallest absolute Gasteiger partial charge is 0.240 e. The van der Waals surface area contributed by atoms with Crippen molar-refractivity contribution in [1.29, 1.82) is 0 Å². The van der Waals surface area contributed by atoms with E-state index in [1.807, 2.05) is 6.92 Å². The molecule has 4 nitrogen and oxygen atoms in total. The zero-order chi connectivity index (χ0) is 13.8. The van der Waals surface area contributed by atoms with Crippen LogP contribution in [0.2, 0.25) is 0 Å². The minimum absolute atomic E-state index is 0.710. The van der Waals surface area contributed by atoms with E-state index in [0.29, 0.717) is 5.82 Å². The highest BCUT2D eigenvalue weighted by Crippen LogP contribution is 2.20. The van der Waals surface area contributed by atoms with Crippen molar-refractivity contribution in [1.82, 2.24) is 15.0 Å². The number of rotatable bonds is 3. The van der Waals surface area contributed by atoms with Crippen LogP contribution < -0.4 is 0 Å². The molecule has 0 aliphatic carbocycles. The highest BCUT2D eigenvalue weighted by atomic mass is 16.5. The van der Waals surface area contributed by atoms with Gasteiger partial charge in [0.05, 0.1) is 6.54 Å². The Kier molecular flexibility index (Phi) is 3.92. The molecule has 0 spiro atoms. The number of aryl methyl sites for hydroxylation is 1. The predicted octanol–water partition coefficient (Wildman–Crippen LogP) is 3.06. The van der Waals surface area contributed by atoms with Crippen LogP contribution in [0.3, 0.4) is 0 Å². The van der Waals surface area contributed by atoms with Gasteiger partial charge < -0.3 is 4.52 Å². The highest BCUT2D eigenvalue weighted by molar-refractivity contribution is 5.52. The minimum Gasteiger partial charge on any atom is -0.338 e. The fourth-order valence-electron chi connectivity index (χ4n) is 2.52. The molecule has 0 atom stereocenters. The van der Waals surface area contributed by atoms with Crippen LogP contribution in [0.4, 0.5) is 0 Å². The molecule has 0 unspecified atom stereocenters. The summed E-state index contributed by atoms with van der Waals surface area (Å²) in [7, 11) is 0. The van der Waals surface area contributed by atoms with Gasteiger partial charge in [0.2, 0.25) is 5.89 Å². The Morgan fingerprint density at radius 2 is 1.95 bits per heavy atom. The van der Waals surface area contributed by atoms with Gasteiger partial charge in [-0.05, 0) is 25.3 Å². The molecule has 1 aromatic heterocycles. The standard InChI is InChI=1S/C16H19N3O/c1-13-17-16(20-18-13)12-19-9-7-15(8-10-19)11-14-5-3-2-4-6-14/h2-6,11H,7-10,12H2,1H3. The second-order valence-corrected chi connectivity index (χ2v) is 5.22. The lowest BCUT2D eigenvalue weighted by Crippen LogP contribution is -2.30. The zero-order valence-electron chi connectivity index (χ0n) is 11.7. The molecule has 1 fully saturated rings. The van der Waals surface area contributed by atoms with E-state index in [1.54, 1.807) is 0 Å². The molecule has 0 bridgehead atoms. The maximum Gasteiger partial charge on any atom is 0.240 e. The van der Waals surface area contributed by atoms with E-state index in [4.69, 9.17) is 4.52 Å². The van der Waals surface area contributed by atoms with Gasteiger partial charge in [0.25, 0.3) is 0 Å². The largest absolute Gasteiger partial charge is 0.338 e. The van der Waals surface area contributed by atoms with Gasteiger partial charge in [-0.2, -0.15) is 4.98 Å². The first-order chi connectivity index (χ1) is 9.79. The van der Waals surface area contributed by atoms with Crippen molar-refractivity contribution in [2.24, 2.45) is 0 Å². The van der Waals surface area contributed by atoms with Gasteiger partial charge in [0.1, 0.15) is 0 Å². The molecular weight excluding hydrogens is 250 g/mol. The summed E-state index contributed by atoms with van der Waals surface area (Å²) in [5, 5.41) is 3.83. The monoisotopic (exact) mass is 269 g/mol. The first-order valence-corrected chi connectivity index (χ1v) is 7.05. The van der Waals surface area contributed by atoms with Crippen LogP contribution in [0.25, 0.3) is 6.08 Å². The van der Waals surface area contributed by atoms with Crippen molar-refractivity contribution in [3.8, 4) is 0 Å². The summed E-state index contributed by atoms with van der Waals surface area (Å²) in [6.45, 7) is 4.73. The van der Waals surface area contributed by atoms with Crippen LogP contribution in [-0.4, -0.2) is 28.1 Å². The van der Waals surface area contributed by atoms with Crippen LogP contribution in [0.1, 0.15) is 30.1 Å². The normalized spacial score (nSPS) is 16.4. The molecule has 1 aliphatic heterocycles. The lowest BCUT2D eigenvalue weighted by Gasteiger charge is -2.26. The molecule has 20 heavy (non-hydrogen) atoms. The third-order valence-electron chi connectivity index (χ3n) is 3.60. The fourth-order valence-corrected chi connectivity index (χ4v) is 2.52. The SMILES string of the molecule is Cc1noc(CN2CCC(=Cc3ccccc3)CC2)n1. The molecule has 0 radical (unpaired) electrons. The molecule has 3 rings (SSSR count). The van der Waals surface area contributed by atoms with Gasteiger partial charge in [-0.3, -0.25) is 4.90 Å². The molecule has 1 aromatic carbocycles. The molecule has 2 aromatic rings. The lowest BCUT2D eigenvalue weighted by molar-refractivity contribution is 0.214. The Balaban J connectivity index is 1.56. The summed E-state index contributed by atoms with van der Waals surface area (Å²) in [5.74, 6) is 1.43. The molecule has 4 heteroatoms. The molecule has 0 saturated carbocycles. The third kappa shape index (κ3) is 3.33. The van der Waals surface area contributed by atoms with E-state index >= 15 is 0 Å². The summed E-state index contributed by atoms with van der Waals surface area (Å²) in [6.07, 6.45) is 4.54. The second kappa shape index (κ2) is 6.01. The van der Waals surface area contributed by atoms with Gasteiger partial charge in [-0.1, -0.05) is 47.1 Å². The predicted molar refractivity (Wildman–Crippen MR) is 78.0 cm³/mol. The van der Waals surface area contributed by atoms with E-state index < -0.39 is 0 Å². The first kappa shape index (κ1) is 13.1. The summed E-state index contributed by atoms with van der Waals surface area (Å²) in [6, 6.07) is 10.5. The molecule has 0 amide bonds. The van der Waals surface area contributed by atoms with Crippen LogP contribution >= 0.6 is 0 Å². The highest BCUT2D eigenvalue weighted by Gasteiger charge is 2.16. The summed E-state index contributed by atoms with van der Waals surface area (Å²) in [4.78, 5) is 6.63. The number of likely N-dealkylation sites (tertiary alicyclic amines) is 1. The average molecular weight is 269 g/mol. The first-order valence-electron chi connectivity index (χ1n) is 7.05. The molecule has 1 aliphatic rings. The van der Waals surface area contributed by atoms with Crippen LogP contribution in [-0.2, 0) is 6.54 Å². The third-order valence-corrected chi connectivity index (χ3v) is 3.60. The van der Waals surface area contributed by atoms with Gasteiger partial charge in [-0.15, -0.1) is 0 Å². The number of piperidine rings is 1. The van der Waals surface area contributed by atoms with Crippen LogP contribution in [0.15, 0.2) is 40.4 Å². The quantitative estimate of drug-likeness (QED) is 0.859. The Morgan fingerprint density at radius 3 is 2.60 bits per heavy atom. The molecule has 104 valence electrons. The Labute approximate surface area is 119 Å². The van der Waals surface area contributed by atoms with E-state index in [1.165, 1.54) is 11.1 Å². The maximum absolute atomic E-state index is 5.17. The number of aromatic nitrogens is 2. The van der Waals surface area contributed by atoms with Crippen molar-refractivity contribution in [3.63, 3.8) is 0 Å². The molecule has 1 saturated heterocycles. The van der Waals surface area contributed by atoms with Crippen molar-refractivity contribution in [2.75, 3.05) is 13.1 Å². The van der Waals surface area contributed by atoms with Gasteiger partial charge in [0, 0.05) is 13.1 Å². The van der Waals surface area contributed by atoms with Crippen LogP contribution in [0.5, 0.6) is 0 Å². The number of benzene rings is 1. The molecule has 0 N–H and O–H groups in total. The Hall–Kier alpha value is -1.94. The minimum atomic E-state index is 0.710. The second-order valence-electron chi connectivity index (χ2n) is 5.22.